The molecule has 4 nitrogen and oxygen atoms in total. The lowest BCUT2D eigenvalue weighted by Crippen LogP contribution is -2.20. The molecule has 0 radical (unpaired) electrons. The molecule has 0 unspecified atom stereocenters. The third-order valence-electron chi connectivity index (χ3n) is 5.52. The summed E-state index contributed by atoms with van der Waals surface area (Å²) in [4.78, 5) is 12.9. The van der Waals surface area contributed by atoms with Crippen LogP contribution in [0.1, 0.15) is 36.5 Å². The second kappa shape index (κ2) is 9.09. The van der Waals surface area contributed by atoms with Gasteiger partial charge in [-0.25, -0.2) is 0 Å². The summed E-state index contributed by atoms with van der Waals surface area (Å²) in [6, 6.07) is 24.2. The van der Waals surface area contributed by atoms with Crippen LogP contribution in [0.25, 0.3) is 10.9 Å². The largest absolute Gasteiger partial charge is 0.488 e. The molecule has 0 saturated heterocycles. The first-order valence-corrected chi connectivity index (χ1v) is 10.7. The van der Waals surface area contributed by atoms with E-state index in [-0.39, 0.29) is 12.5 Å². The maximum absolute atomic E-state index is 12.9. The van der Waals surface area contributed by atoms with Crippen molar-refractivity contribution in [2.45, 2.75) is 39.8 Å². The van der Waals surface area contributed by atoms with Gasteiger partial charge in [-0.3, -0.25) is 4.79 Å². The first-order chi connectivity index (χ1) is 15.0. The molecule has 0 atom stereocenters. The molecule has 0 aliphatic carbocycles. The Morgan fingerprint density at radius 2 is 1.74 bits per heavy atom. The van der Waals surface area contributed by atoms with Crippen molar-refractivity contribution in [1.82, 2.24) is 4.57 Å². The van der Waals surface area contributed by atoms with Crippen molar-refractivity contribution in [3.63, 3.8) is 0 Å². The van der Waals surface area contributed by atoms with E-state index in [0.29, 0.717) is 12.5 Å². The Morgan fingerprint density at radius 3 is 2.52 bits per heavy atom. The number of aromatic nitrogens is 1. The first kappa shape index (κ1) is 20.7. The molecule has 1 N–H and O–H groups in total. The van der Waals surface area contributed by atoms with E-state index >= 15 is 0 Å². The summed E-state index contributed by atoms with van der Waals surface area (Å²) in [7, 11) is 0. The second-order valence-corrected chi connectivity index (χ2v) is 8.15. The van der Waals surface area contributed by atoms with E-state index in [2.05, 4.69) is 25.2 Å². The third kappa shape index (κ3) is 4.64. The number of fused-ring (bicyclic) bond motifs is 1. The van der Waals surface area contributed by atoms with Gasteiger partial charge in [0.2, 0.25) is 5.91 Å². The fourth-order valence-electron chi connectivity index (χ4n) is 3.87. The standard InChI is InChI=1S/C27H28N2O2/c1-19(2)22-12-7-9-20(3)27(22)28-26(30)17-29-16-15-23-24(29)13-8-14-25(23)31-18-21-10-5-4-6-11-21/h4-16,19H,17-18H2,1-3H3,(H,28,30). The summed E-state index contributed by atoms with van der Waals surface area (Å²) >= 11 is 0. The summed E-state index contributed by atoms with van der Waals surface area (Å²) in [5, 5.41) is 4.14. The minimum Gasteiger partial charge on any atom is -0.488 e. The van der Waals surface area contributed by atoms with Crippen molar-refractivity contribution in [3.8, 4) is 5.75 Å². The highest BCUT2D eigenvalue weighted by Gasteiger charge is 2.14. The number of para-hydroxylation sites is 1. The van der Waals surface area contributed by atoms with Crippen molar-refractivity contribution in [2.75, 3.05) is 5.32 Å². The number of rotatable bonds is 7. The number of amides is 1. The van der Waals surface area contributed by atoms with Crippen LogP contribution in [0, 0.1) is 6.92 Å². The molecule has 0 bridgehead atoms. The molecule has 4 rings (SSSR count). The maximum atomic E-state index is 12.9. The van der Waals surface area contributed by atoms with Gasteiger partial charge < -0.3 is 14.6 Å². The molecule has 31 heavy (non-hydrogen) atoms. The average Bonchev–Trinajstić information content (AvgIpc) is 3.17. The minimum atomic E-state index is -0.0377. The zero-order chi connectivity index (χ0) is 21.8. The van der Waals surface area contributed by atoms with Gasteiger partial charge in [-0.1, -0.05) is 68.4 Å². The summed E-state index contributed by atoms with van der Waals surface area (Å²) in [6.45, 7) is 7.07. The number of hydrogen-bond acceptors (Lipinski definition) is 2. The molecule has 1 amide bonds. The number of carbonyl (C=O) groups is 1. The normalized spacial score (nSPS) is 11.1. The minimum absolute atomic E-state index is 0.0377. The van der Waals surface area contributed by atoms with E-state index in [0.717, 1.165) is 39.0 Å². The Balaban J connectivity index is 1.51. The first-order valence-electron chi connectivity index (χ1n) is 10.7. The summed E-state index contributed by atoms with van der Waals surface area (Å²) in [6.07, 6.45) is 1.95. The zero-order valence-electron chi connectivity index (χ0n) is 18.3. The monoisotopic (exact) mass is 412 g/mol. The van der Waals surface area contributed by atoms with Crippen molar-refractivity contribution in [2.24, 2.45) is 0 Å². The van der Waals surface area contributed by atoms with Crippen molar-refractivity contribution < 1.29 is 9.53 Å². The predicted molar refractivity (Wildman–Crippen MR) is 127 cm³/mol. The number of carbonyl (C=O) groups excluding carboxylic acids is 1. The Bertz CT molecular complexity index is 1190. The highest BCUT2D eigenvalue weighted by atomic mass is 16.5. The summed E-state index contributed by atoms with van der Waals surface area (Å²) in [5.41, 5.74) is 5.26. The lowest BCUT2D eigenvalue weighted by molar-refractivity contribution is -0.116. The third-order valence-corrected chi connectivity index (χ3v) is 5.52. The molecule has 4 aromatic rings. The van der Waals surface area contributed by atoms with E-state index in [4.69, 9.17) is 4.74 Å². The van der Waals surface area contributed by atoms with Crippen LogP contribution in [0.4, 0.5) is 5.69 Å². The smallest absolute Gasteiger partial charge is 0.244 e. The van der Waals surface area contributed by atoms with Crippen LogP contribution in [-0.2, 0) is 17.9 Å². The van der Waals surface area contributed by atoms with Gasteiger partial charge in [0.25, 0.3) is 0 Å². The molecule has 0 saturated carbocycles. The number of nitrogens with one attached hydrogen (secondary N) is 1. The van der Waals surface area contributed by atoms with Gasteiger partial charge >= 0.3 is 0 Å². The molecule has 1 aromatic heterocycles. The topological polar surface area (TPSA) is 43.3 Å². The summed E-state index contributed by atoms with van der Waals surface area (Å²) in [5.74, 6) is 1.12. The van der Waals surface area contributed by atoms with Crippen LogP contribution >= 0.6 is 0 Å². The van der Waals surface area contributed by atoms with Crippen LogP contribution in [0.3, 0.4) is 0 Å². The summed E-state index contributed by atoms with van der Waals surface area (Å²) < 4.78 is 8.03. The quantitative estimate of drug-likeness (QED) is 0.388. The molecule has 3 aromatic carbocycles. The Hall–Kier alpha value is -3.53. The Labute approximate surface area is 183 Å². The molecule has 0 spiro atoms. The van der Waals surface area contributed by atoms with Gasteiger partial charge in [-0.15, -0.1) is 0 Å². The van der Waals surface area contributed by atoms with Crippen molar-refractivity contribution in [3.05, 3.63) is 95.7 Å². The van der Waals surface area contributed by atoms with E-state index < -0.39 is 0 Å². The molecule has 0 fully saturated rings. The van der Waals surface area contributed by atoms with Gasteiger partial charge in [0.1, 0.15) is 18.9 Å². The molecule has 1 heterocycles. The fourth-order valence-corrected chi connectivity index (χ4v) is 3.87. The van der Waals surface area contributed by atoms with Crippen molar-refractivity contribution in [1.29, 1.82) is 0 Å². The van der Waals surface area contributed by atoms with Gasteiger partial charge in [-0.05, 0) is 47.7 Å². The number of nitrogens with zero attached hydrogens (tertiary/aromatic N) is 1. The zero-order valence-corrected chi connectivity index (χ0v) is 18.3. The van der Waals surface area contributed by atoms with E-state index in [1.54, 1.807) is 0 Å². The van der Waals surface area contributed by atoms with E-state index in [1.165, 1.54) is 0 Å². The fraction of sp³-hybridized carbons (Fsp3) is 0.222. The molecular formula is C27H28N2O2. The lowest BCUT2D eigenvalue weighted by Gasteiger charge is -2.17. The molecule has 4 heteroatoms. The average molecular weight is 413 g/mol. The van der Waals surface area contributed by atoms with Gasteiger partial charge in [0.15, 0.2) is 0 Å². The Kier molecular flexibility index (Phi) is 6.08. The van der Waals surface area contributed by atoms with Gasteiger partial charge in [0, 0.05) is 17.3 Å². The number of ether oxygens (including phenoxy) is 1. The lowest BCUT2D eigenvalue weighted by atomic mass is 9.98. The highest BCUT2D eigenvalue weighted by Crippen LogP contribution is 2.29. The van der Waals surface area contributed by atoms with Gasteiger partial charge in [-0.2, -0.15) is 0 Å². The molecule has 158 valence electrons. The number of hydrogen-bond donors (Lipinski definition) is 1. The van der Waals surface area contributed by atoms with Crippen LogP contribution in [0.15, 0.2) is 79.0 Å². The van der Waals surface area contributed by atoms with E-state index in [9.17, 15) is 4.79 Å². The number of anilines is 1. The molecule has 0 aliphatic rings. The number of benzene rings is 3. The molecule has 0 aliphatic heterocycles. The Morgan fingerprint density at radius 1 is 0.968 bits per heavy atom. The predicted octanol–water partition coefficient (Wildman–Crippen LogP) is 6.29. The van der Waals surface area contributed by atoms with Gasteiger partial charge in [0.05, 0.1) is 5.52 Å². The van der Waals surface area contributed by atoms with Crippen LogP contribution < -0.4 is 10.1 Å². The molecular weight excluding hydrogens is 384 g/mol. The van der Waals surface area contributed by atoms with Crippen LogP contribution in [-0.4, -0.2) is 10.5 Å². The highest BCUT2D eigenvalue weighted by molar-refractivity contribution is 5.94. The van der Waals surface area contributed by atoms with Crippen LogP contribution in [0.2, 0.25) is 0 Å². The van der Waals surface area contributed by atoms with Crippen molar-refractivity contribution >= 4 is 22.5 Å². The van der Waals surface area contributed by atoms with Crippen LogP contribution in [0.5, 0.6) is 5.75 Å². The number of aryl methyl sites for hydroxylation is 1. The van der Waals surface area contributed by atoms with E-state index in [1.807, 2.05) is 84.4 Å². The maximum Gasteiger partial charge on any atom is 0.244 e. The second-order valence-electron chi connectivity index (χ2n) is 8.15. The SMILES string of the molecule is Cc1cccc(C(C)C)c1NC(=O)Cn1ccc2c(OCc3ccccc3)cccc21.